The molecule has 1 aromatic heterocycles. The Balaban J connectivity index is 2.70. The first kappa shape index (κ1) is 9.44. The largest absolute Gasteiger partial charge is 0.442 e. The van der Waals surface area contributed by atoms with Crippen LogP contribution in [-0.4, -0.2) is 23.2 Å². The van der Waals surface area contributed by atoms with Gasteiger partial charge in [0.1, 0.15) is 6.26 Å². The first-order valence-corrected chi connectivity index (χ1v) is 3.93. The first-order chi connectivity index (χ1) is 6.29. The van der Waals surface area contributed by atoms with E-state index in [-0.39, 0.29) is 11.7 Å². The van der Waals surface area contributed by atoms with Crippen molar-refractivity contribution < 1.29 is 14.0 Å². The van der Waals surface area contributed by atoms with Crippen LogP contribution in [0.4, 0.5) is 0 Å². The molecular weight excluding hydrogens is 172 g/mol. The fraction of sp³-hybridized carbons (Fsp3) is 0.375. The third-order valence-corrected chi connectivity index (χ3v) is 1.64. The summed E-state index contributed by atoms with van der Waals surface area (Å²) in [6.07, 6.45) is 3.72. The monoisotopic (exact) mass is 182 g/mol. The van der Waals surface area contributed by atoms with Crippen molar-refractivity contribution in [3.05, 3.63) is 18.4 Å². The van der Waals surface area contributed by atoms with E-state index < -0.39 is 6.04 Å². The molecule has 0 spiro atoms. The van der Waals surface area contributed by atoms with Gasteiger partial charge in [0.05, 0.1) is 12.2 Å². The van der Waals surface area contributed by atoms with Crippen LogP contribution in [0.3, 0.4) is 0 Å². The van der Waals surface area contributed by atoms with Crippen LogP contribution in [0, 0.1) is 0 Å². The summed E-state index contributed by atoms with van der Waals surface area (Å²) in [6, 6.07) is -0.545. The van der Waals surface area contributed by atoms with Crippen molar-refractivity contribution in [2.45, 2.75) is 19.4 Å². The molecule has 5 nitrogen and oxygen atoms in total. The van der Waals surface area contributed by atoms with Gasteiger partial charge >= 0.3 is 0 Å². The van der Waals surface area contributed by atoms with Gasteiger partial charge in [-0.3, -0.25) is 9.59 Å². The smallest absolute Gasteiger partial charge is 0.265 e. The molecule has 0 aromatic carbocycles. The topological polar surface area (TPSA) is 72.2 Å². The van der Waals surface area contributed by atoms with Gasteiger partial charge in [-0.1, -0.05) is 6.92 Å². The maximum absolute atomic E-state index is 11.4. The lowest BCUT2D eigenvalue weighted by Crippen LogP contribution is -2.35. The van der Waals surface area contributed by atoms with Gasteiger partial charge in [-0.15, -0.1) is 0 Å². The minimum atomic E-state index is -0.545. The summed E-state index contributed by atoms with van der Waals surface area (Å²) in [4.78, 5) is 25.3. The number of nitrogens with zero attached hydrogens (tertiary/aromatic N) is 1. The van der Waals surface area contributed by atoms with Gasteiger partial charge in [-0.25, -0.2) is 4.98 Å². The molecule has 0 saturated carbocycles. The molecule has 0 aliphatic rings. The van der Waals surface area contributed by atoms with E-state index in [1.54, 1.807) is 6.92 Å². The molecule has 1 N–H and O–H groups in total. The molecule has 1 heterocycles. The summed E-state index contributed by atoms with van der Waals surface area (Å²) in [5.74, 6) is -0.277. The fourth-order valence-electron chi connectivity index (χ4n) is 0.955. The van der Waals surface area contributed by atoms with E-state index >= 15 is 0 Å². The van der Waals surface area contributed by atoms with Gasteiger partial charge in [-0.2, -0.15) is 0 Å². The van der Waals surface area contributed by atoms with Crippen LogP contribution in [0.25, 0.3) is 0 Å². The van der Waals surface area contributed by atoms with E-state index in [4.69, 9.17) is 4.42 Å². The highest BCUT2D eigenvalue weighted by atomic mass is 16.3. The Morgan fingerprint density at radius 2 is 2.62 bits per heavy atom. The Morgan fingerprint density at radius 1 is 1.85 bits per heavy atom. The van der Waals surface area contributed by atoms with E-state index in [0.29, 0.717) is 12.8 Å². The predicted molar refractivity (Wildman–Crippen MR) is 44.1 cm³/mol. The maximum Gasteiger partial charge on any atom is 0.265 e. The molecule has 1 amide bonds. The summed E-state index contributed by atoms with van der Waals surface area (Å²) in [7, 11) is 0. The second-order valence-corrected chi connectivity index (χ2v) is 2.45. The van der Waals surface area contributed by atoms with Gasteiger partial charge in [0.25, 0.3) is 5.89 Å². The van der Waals surface area contributed by atoms with E-state index in [0.717, 1.165) is 0 Å². The first-order valence-electron chi connectivity index (χ1n) is 3.93. The molecule has 1 atom stereocenters. The minimum Gasteiger partial charge on any atom is -0.442 e. The Bertz CT molecular complexity index is 282. The number of amides is 1. The molecule has 0 aliphatic heterocycles. The lowest BCUT2D eigenvalue weighted by atomic mass is 10.1. The SMILES string of the molecule is CC[C@H](NC=O)C(=O)c1ncco1. The zero-order valence-corrected chi connectivity index (χ0v) is 7.19. The second-order valence-electron chi connectivity index (χ2n) is 2.45. The summed E-state index contributed by atoms with van der Waals surface area (Å²) in [5, 5.41) is 2.39. The van der Waals surface area contributed by atoms with Crippen LogP contribution in [0.15, 0.2) is 16.9 Å². The van der Waals surface area contributed by atoms with Crippen molar-refractivity contribution in [3.63, 3.8) is 0 Å². The van der Waals surface area contributed by atoms with E-state index in [1.165, 1.54) is 12.5 Å². The molecule has 0 saturated heterocycles. The van der Waals surface area contributed by atoms with Gasteiger partial charge in [0.2, 0.25) is 12.2 Å². The number of ketones is 1. The van der Waals surface area contributed by atoms with Crippen LogP contribution in [-0.2, 0) is 4.79 Å². The molecule has 5 heteroatoms. The molecule has 0 fully saturated rings. The van der Waals surface area contributed by atoms with Crippen molar-refractivity contribution in [1.82, 2.24) is 10.3 Å². The molecule has 0 radical (unpaired) electrons. The normalized spacial score (nSPS) is 12.1. The minimum absolute atomic E-state index is 0.0289. The quantitative estimate of drug-likeness (QED) is 0.527. The number of oxazole rings is 1. The van der Waals surface area contributed by atoms with Crippen LogP contribution < -0.4 is 5.32 Å². The molecule has 1 rings (SSSR count). The summed E-state index contributed by atoms with van der Waals surface area (Å²) in [5.41, 5.74) is 0. The lowest BCUT2D eigenvalue weighted by Gasteiger charge is -2.08. The average Bonchev–Trinajstić information content (AvgIpc) is 2.65. The van der Waals surface area contributed by atoms with E-state index in [9.17, 15) is 9.59 Å². The number of aromatic nitrogens is 1. The van der Waals surface area contributed by atoms with Gasteiger partial charge in [-0.05, 0) is 6.42 Å². The Hall–Kier alpha value is -1.65. The third kappa shape index (κ3) is 2.14. The Kier molecular flexibility index (Phi) is 3.19. The molecule has 0 aliphatic carbocycles. The lowest BCUT2D eigenvalue weighted by molar-refractivity contribution is -0.110. The van der Waals surface area contributed by atoms with E-state index in [2.05, 4.69) is 10.3 Å². The van der Waals surface area contributed by atoms with Crippen LogP contribution in [0.2, 0.25) is 0 Å². The van der Waals surface area contributed by atoms with Gasteiger partial charge in [0.15, 0.2) is 0 Å². The number of carbonyl (C=O) groups excluding carboxylic acids is 2. The second kappa shape index (κ2) is 4.39. The maximum atomic E-state index is 11.4. The molecule has 0 bridgehead atoms. The summed E-state index contributed by atoms with van der Waals surface area (Å²) in [6.45, 7) is 1.79. The van der Waals surface area contributed by atoms with Gasteiger partial charge in [0, 0.05) is 0 Å². The summed E-state index contributed by atoms with van der Waals surface area (Å²) >= 11 is 0. The van der Waals surface area contributed by atoms with Crippen molar-refractivity contribution in [2.24, 2.45) is 0 Å². The number of hydrogen-bond donors (Lipinski definition) is 1. The highest BCUT2D eigenvalue weighted by Gasteiger charge is 2.20. The zero-order chi connectivity index (χ0) is 9.68. The molecule has 1 aromatic rings. The fourth-order valence-corrected chi connectivity index (χ4v) is 0.955. The van der Waals surface area contributed by atoms with Crippen LogP contribution in [0.1, 0.15) is 24.0 Å². The van der Waals surface area contributed by atoms with Crippen molar-refractivity contribution in [2.75, 3.05) is 0 Å². The predicted octanol–water partition coefficient (Wildman–Crippen LogP) is 0.382. The van der Waals surface area contributed by atoms with Crippen molar-refractivity contribution in [1.29, 1.82) is 0 Å². The molecular formula is C8H10N2O3. The highest BCUT2D eigenvalue weighted by Crippen LogP contribution is 2.02. The Labute approximate surface area is 75.1 Å². The van der Waals surface area contributed by atoms with Crippen molar-refractivity contribution >= 4 is 12.2 Å². The zero-order valence-electron chi connectivity index (χ0n) is 7.19. The number of Topliss-reactive ketones (excluding diaryl/α,β-unsaturated/α-hetero) is 1. The van der Waals surface area contributed by atoms with Crippen molar-refractivity contribution in [3.8, 4) is 0 Å². The molecule has 70 valence electrons. The van der Waals surface area contributed by atoms with Gasteiger partial charge < -0.3 is 9.73 Å². The number of hydrogen-bond acceptors (Lipinski definition) is 4. The number of nitrogens with one attached hydrogen (secondary N) is 1. The third-order valence-electron chi connectivity index (χ3n) is 1.64. The van der Waals surface area contributed by atoms with Crippen LogP contribution >= 0.6 is 0 Å². The number of rotatable bonds is 5. The standard InChI is InChI=1S/C8H10N2O3/c1-2-6(10-5-11)7(12)8-9-3-4-13-8/h3-6H,2H2,1H3,(H,10,11)/t6-/m0/s1. The molecule has 13 heavy (non-hydrogen) atoms. The van der Waals surface area contributed by atoms with E-state index in [1.807, 2.05) is 0 Å². The highest BCUT2D eigenvalue weighted by molar-refractivity contribution is 5.96. The number of carbonyl (C=O) groups is 2. The van der Waals surface area contributed by atoms with Crippen LogP contribution in [0.5, 0.6) is 0 Å². The molecule has 0 unspecified atom stereocenters. The Morgan fingerprint density at radius 3 is 3.08 bits per heavy atom. The summed E-state index contributed by atoms with van der Waals surface area (Å²) < 4.78 is 4.81. The average molecular weight is 182 g/mol.